The summed E-state index contributed by atoms with van der Waals surface area (Å²) in [6.07, 6.45) is 3.92. The van der Waals surface area contributed by atoms with Crippen LogP contribution in [0.5, 0.6) is 0 Å². The van der Waals surface area contributed by atoms with Gasteiger partial charge in [-0.3, -0.25) is 19.6 Å². The van der Waals surface area contributed by atoms with Gasteiger partial charge >= 0.3 is 5.97 Å². The molecule has 2 fully saturated rings. The maximum Gasteiger partial charge on any atom is 0.310 e. The van der Waals surface area contributed by atoms with E-state index in [0.29, 0.717) is 0 Å². The first-order valence-electron chi connectivity index (χ1n) is 10.1. The van der Waals surface area contributed by atoms with Crippen LogP contribution in [0.1, 0.15) is 24.1 Å². The Morgan fingerprint density at radius 1 is 1.07 bits per heavy atom. The number of aromatic nitrogens is 1. The first-order chi connectivity index (χ1) is 13.7. The Bertz CT molecular complexity index is 773. The van der Waals surface area contributed by atoms with E-state index in [-0.39, 0.29) is 17.3 Å². The van der Waals surface area contributed by atoms with Gasteiger partial charge in [0.2, 0.25) is 0 Å². The highest BCUT2D eigenvalue weighted by Crippen LogP contribution is 2.45. The summed E-state index contributed by atoms with van der Waals surface area (Å²) < 4.78 is 5.19. The van der Waals surface area contributed by atoms with Crippen LogP contribution in [0.15, 0.2) is 54.7 Å². The summed E-state index contributed by atoms with van der Waals surface area (Å²) in [4.78, 5) is 21.9. The van der Waals surface area contributed by atoms with Gasteiger partial charge in [-0.05, 0) is 43.6 Å². The van der Waals surface area contributed by atoms with E-state index in [1.165, 1.54) is 12.7 Å². The van der Waals surface area contributed by atoms with E-state index in [4.69, 9.17) is 4.74 Å². The van der Waals surface area contributed by atoms with Crippen molar-refractivity contribution in [3.8, 4) is 0 Å². The molecule has 0 radical (unpaired) electrons. The second kappa shape index (κ2) is 8.41. The number of likely N-dealkylation sites (tertiary alicyclic amines) is 2. The minimum atomic E-state index is -0.0475. The van der Waals surface area contributed by atoms with Crippen LogP contribution in [0, 0.1) is 11.3 Å². The van der Waals surface area contributed by atoms with Crippen molar-refractivity contribution < 1.29 is 9.53 Å². The van der Waals surface area contributed by atoms with Gasteiger partial charge in [0.15, 0.2) is 0 Å². The second-order valence-corrected chi connectivity index (χ2v) is 8.19. The summed E-state index contributed by atoms with van der Waals surface area (Å²) in [5.74, 6) is -0.0769. The number of esters is 1. The van der Waals surface area contributed by atoms with E-state index >= 15 is 0 Å². The molecule has 0 amide bonds. The van der Waals surface area contributed by atoms with E-state index in [2.05, 4.69) is 45.1 Å². The van der Waals surface area contributed by atoms with Crippen molar-refractivity contribution in [1.82, 2.24) is 14.8 Å². The van der Waals surface area contributed by atoms with Gasteiger partial charge in [-0.2, -0.15) is 0 Å². The van der Waals surface area contributed by atoms with Crippen LogP contribution in [-0.4, -0.2) is 54.0 Å². The molecule has 0 saturated carbocycles. The molecule has 2 aliphatic heterocycles. The third-order valence-electron chi connectivity index (χ3n) is 6.42. The van der Waals surface area contributed by atoms with Crippen LogP contribution < -0.4 is 0 Å². The van der Waals surface area contributed by atoms with E-state index < -0.39 is 0 Å². The minimum absolute atomic E-state index is 0.0294. The normalized spacial score (nSPS) is 22.4. The van der Waals surface area contributed by atoms with Crippen LogP contribution in [0.3, 0.4) is 0 Å². The third-order valence-corrected chi connectivity index (χ3v) is 6.42. The molecule has 3 heterocycles. The summed E-state index contributed by atoms with van der Waals surface area (Å²) in [7, 11) is 1.52. The molecule has 28 heavy (non-hydrogen) atoms. The Labute approximate surface area is 167 Å². The number of ether oxygens (including phenoxy) is 1. The van der Waals surface area contributed by atoms with Gasteiger partial charge in [0.1, 0.15) is 0 Å². The minimum Gasteiger partial charge on any atom is -0.469 e. The van der Waals surface area contributed by atoms with E-state index in [1.54, 1.807) is 0 Å². The molecule has 1 aromatic heterocycles. The number of piperidine rings is 1. The smallest absolute Gasteiger partial charge is 0.310 e. The molecule has 2 aliphatic rings. The van der Waals surface area contributed by atoms with Crippen molar-refractivity contribution in [2.45, 2.75) is 25.9 Å². The zero-order valence-corrected chi connectivity index (χ0v) is 16.6. The van der Waals surface area contributed by atoms with Crippen LogP contribution >= 0.6 is 0 Å². The highest BCUT2D eigenvalue weighted by molar-refractivity contribution is 5.74. The summed E-state index contributed by atoms with van der Waals surface area (Å²) in [6.45, 7) is 5.55. The molecule has 5 heteroatoms. The van der Waals surface area contributed by atoms with Crippen molar-refractivity contribution in [2.75, 3.05) is 33.3 Å². The fourth-order valence-corrected chi connectivity index (χ4v) is 4.88. The molecule has 148 valence electrons. The molecule has 5 nitrogen and oxygen atoms in total. The van der Waals surface area contributed by atoms with Gasteiger partial charge in [-0.1, -0.05) is 36.4 Å². The van der Waals surface area contributed by atoms with Gasteiger partial charge < -0.3 is 4.74 Å². The molecule has 1 atom stereocenters. The first kappa shape index (κ1) is 19.1. The average molecular weight is 380 g/mol. The van der Waals surface area contributed by atoms with Gasteiger partial charge in [0, 0.05) is 37.8 Å². The number of methoxy groups -OCH3 is 1. The topological polar surface area (TPSA) is 45.7 Å². The number of pyridine rings is 1. The van der Waals surface area contributed by atoms with Crippen molar-refractivity contribution in [3.63, 3.8) is 0 Å². The standard InChI is InChI=1S/C23H29N3O2/c1-28-22(27)21-17-26(15-19-7-3-2-4-8-19)18-23(21)10-13-25(14-11-23)16-20-9-5-6-12-24-20/h2-9,12,21H,10-11,13-18H2,1H3. The quantitative estimate of drug-likeness (QED) is 0.748. The fraction of sp³-hybridized carbons (Fsp3) is 0.478. The predicted octanol–water partition coefficient (Wildman–Crippen LogP) is 2.97. The molecule has 1 spiro atoms. The lowest BCUT2D eigenvalue weighted by Crippen LogP contribution is -2.46. The summed E-state index contributed by atoms with van der Waals surface area (Å²) in [5.41, 5.74) is 2.44. The number of benzene rings is 1. The number of carbonyl (C=O) groups is 1. The zero-order valence-electron chi connectivity index (χ0n) is 16.6. The van der Waals surface area contributed by atoms with Crippen molar-refractivity contribution >= 4 is 5.97 Å². The number of carbonyl (C=O) groups excluding carboxylic acids is 1. The summed E-state index contributed by atoms with van der Waals surface area (Å²) >= 11 is 0. The van der Waals surface area contributed by atoms with E-state index in [1.807, 2.05) is 24.4 Å². The van der Waals surface area contributed by atoms with Gasteiger partial charge in [-0.25, -0.2) is 0 Å². The van der Waals surface area contributed by atoms with Crippen molar-refractivity contribution in [1.29, 1.82) is 0 Å². The lowest BCUT2D eigenvalue weighted by Gasteiger charge is -2.41. The molecule has 1 aromatic carbocycles. The molecule has 2 aromatic rings. The lowest BCUT2D eigenvalue weighted by molar-refractivity contribution is -0.149. The highest BCUT2D eigenvalue weighted by Gasteiger charge is 2.51. The van der Waals surface area contributed by atoms with Crippen LogP contribution in [0.4, 0.5) is 0 Å². The molecule has 4 rings (SSSR count). The highest BCUT2D eigenvalue weighted by atomic mass is 16.5. The van der Waals surface area contributed by atoms with Crippen molar-refractivity contribution in [3.05, 3.63) is 66.0 Å². The Kier molecular flexibility index (Phi) is 5.74. The summed E-state index contributed by atoms with van der Waals surface area (Å²) in [5, 5.41) is 0. The maximum atomic E-state index is 12.6. The number of hydrogen-bond acceptors (Lipinski definition) is 5. The van der Waals surface area contributed by atoms with Gasteiger partial charge in [0.05, 0.1) is 18.7 Å². The number of rotatable bonds is 5. The average Bonchev–Trinajstić information content (AvgIpc) is 3.08. The molecular formula is C23H29N3O2. The Balaban J connectivity index is 1.43. The number of hydrogen-bond donors (Lipinski definition) is 0. The largest absolute Gasteiger partial charge is 0.469 e. The van der Waals surface area contributed by atoms with Crippen LogP contribution in [0.25, 0.3) is 0 Å². The molecule has 1 unspecified atom stereocenters. The molecule has 0 N–H and O–H groups in total. The monoisotopic (exact) mass is 379 g/mol. The number of nitrogens with zero attached hydrogens (tertiary/aromatic N) is 3. The fourth-order valence-electron chi connectivity index (χ4n) is 4.88. The van der Waals surface area contributed by atoms with E-state index in [9.17, 15) is 4.79 Å². The molecular weight excluding hydrogens is 350 g/mol. The third kappa shape index (κ3) is 4.10. The predicted molar refractivity (Wildman–Crippen MR) is 108 cm³/mol. The Morgan fingerprint density at radius 3 is 2.50 bits per heavy atom. The van der Waals surface area contributed by atoms with Gasteiger partial charge in [0.25, 0.3) is 0 Å². The molecule has 0 bridgehead atoms. The maximum absolute atomic E-state index is 12.6. The van der Waals surface area contributed by atoms with Gasteiger partial charge in [-0.15, -0.1) is 0 Å². The van der Waals surface area contributed by atoms with Crippen LogP contribution in [0.2, 0.25) is 0 Å². The van der Waals surface area contributed by atoms with E-state index in [0.717, 1.165) is 57.8 Å². The second-order valence-electron chi connectivity index (χ2n) is 8.19. The lowest BCUT2D eigenvalue weighted by atomic mass is 9.71. The SMILES string of the molecule is COC(=O)C1CN(Cc2ccccc2)CC12CCN(Cc1ccccn1)CC2. The Hall–Kier alpha value is -2.24. The summed E-state index contributed by atoms with van der Waals surface area (Å²) in [6, 6.07) is 16.6. The Morgan fingerprint density at radius 2 is 1.82 bits per heavy atom. The molecule has 2 saturated heterocycles. The zero-order chi connectivity index (χ0) is 19.4. The van der Waals surface area contributed by atoms with Crippen LogP contribution in [-0.2, 0) is 22.6 Å². The molecule has 0 aliphatic carbocycles. The van der Waals surface area contributed by atoms with Crippen molar-refractivity contribution in [2.24, 2.45) is 11.3 Å². The first-order valence-corrected chi connectivity index (χ1v) is 10.1.